The number of rotatable bonds is 6. The van der Waals surface area contributed by atoms with E-state index in [0.717, 1.165) is 32.7 Å². The van der Waals surface area contributed by atoms with Gasteiger partial charge in [0.2, 0.25) is 5.91 Å². The Morgan fingerprint density at radius 1 is 0.867 bits per heavy atom. The van der Waals surface area contributed by atoms with Crippen molar-refractivity contribution in [3.05, 3.63) is 83.9 Å². The summed E-state index contributed by atoms with van der Waals surface area (Å²) in [6.45, 7) is 0. The predicted octanol–water partition coefficient (Wildman–Crippen LogP) is 4.70. The SMILES string of the molecule is COc1ccc(CC(=O)N/N=C\c2c3ccccc3cc3ccccc23)cc1OC. The van der Waals surface area contributed by atoms with Crippen LogP contribution in [-0.2, 0) is 11.2 Å². The highest BCUT2D eigenvalue weighted by Gasteiger charge is 2.09. The standard InChI is InChI=1S/C25H22N2O3/c1-29-23-12-11-17(13-24(23)30-2)14-25(28)27-26-16-22-20-9-5-3-7-18(20)15-19-8-4-6-10-21(19)22/h3-13,15-16H,14H2,1-2H3,(H,27,28)/b26-16-. The quantitative estimate of drug-likeness (QED) is 0.291. The van der Waals surface area contributed by atoms with Crippen molar-refractivity contribution in [1.29, 1.82) is 0 Å². The molecule has 0 aliphatic carbocycles. The van der Waals surface area contributed by atoms with Crippen LogP contribution >= 0.6 is 0 Å². The smallest absolute Gasteiger partial charge is 0.244 e. The zero-order valence-corrected chi connectivity index (χ0v) is 16.9. The molecule has 0 heterocycles. The molecule has 150 valence electrons. The molecule has 1 N–H and O–H groups in total. The van der Waals surface area contributed by atoms with Crippen molar-refractivity contribution < 1.29 is 14.3 Å². The van der Waals surface area contributed by atoms with Gasteiger partial charge in [0.15, 0.2) is 11.5 Å². The largest absolute Gasteiger partial charge is 0.493 e. The van der Waals surface area contributed by atoms with Gasteiger partial charge in [-0.3, -0.25) is 4.79 Å². The fraction of sp³-hybridized carbons (Fsp3) is 0.120. The van der Waals surface area contributed by atoms with Gasteiger partial charge in [-0.1, -0.05) is 54.6 Å². The number of hydrazone groups is 1. The first-order valence-electron chi connectivity index (χ1n) is 9.63. The Labute approximate surface area is 174 Å². The number of carbonyl (C=O) groups excluding carboxylic acids is 1. The molecule has 4 aromatic rings. The van der Waals surface area contributed by atoms with Crippen LogP contribution in [0.15, 0.2) is 77.9 Å². The van der Waals surface area contributed by atoms with E-state index in [2.05, 4.69) is 40.9 Å². The van der Waals surface area contributed by atoms with E-state index in [-0.39, 0.29) is 12.3 Å². The molecule has 0 bridgehead atoms. The summed E-state index contributed by atoms with van der Waals surface area (Å²) in [5.74, 6) is 1.01. The normalized spacial score (nSPS) is 11.1. The molecule has 0 saturated heterocycles. The van der Waals surface area contributed by atoms with Gasteiger partial charge in [0.25, 0.3) is 0 Å². The molecule has 0 atom stereocenters. The lowest BCUT2D eigenvalue weighted by molar-refractivity contribution is -0.120. The van der Waals surface area contributed by atoms with Crippen LogP contribution < -0.4 is 14.9 Å². The van der Waals surface area contributed by atoms with E-state index in [1.807, 2.05) is 30.3 Å². The van der Waals surface area contributed by atoms with Crippen LogP contribution in [0.25, 0.3) is 21.5 Å². The first kappa shape index (κ1) is 19.5. The van der Waals surface area contributed by atoms with Gasteiger partial charge in [0.1, 0.15) is 0 Å². The van der Waals surface area contributed by atoms with E-state index < -0.39 is 0 Å². The Bertz CT molecular complexity index is 1190. The summed E-state index contributed by atoms with van der Waals surface area (Å²) in [6.07, 6.45) is 1.91. The maximum atomic E-state index is 12.4. The zero-order chi connectivity index (χ0) is 20.9. The third kappa shape index (κ3) is 3.96. The first-order valence-corrected chi connectivity index (χ1v) is 9.63. The van der Waals surface area contributed by atoms with Gasteiger partial charge in [-0.2, -0.15) is 5.10 Å². The molecule has 5 nitrogen and oxygen atoms in total. The second kappa shape index (κ2) is 8.66. The van der Waals surface area contributed by atoms with Gasteiger partial charge in [0.05, 0.1) is 26.9 Å². The minimum atomic E-state index is -0.206. The molecule has 0 saturated carbocycles. The van der Waals surface area contributed by atoms with Gasteiger partial charge in [0, 0.05) is 5.56 Å². The van der Waals surface area contributed by atoms with Crippen molar-refractivity contribution in [3.8, 4) is 11.5 Å². The molecular weight excluding hydrogens is 376 g/mol. The summed E-state index contributed by atoms with van der Waals surface area (Å²) in [4.78, 5) is 12.4. The fourth-order valence-electron chi connectivity index (χ4n) is 3.57. The number of ether oxygens (including phenoxy) is 2. The number of nitrogens with zero attached hydrogens (tertiary/aromatic N) is 1. The summed E-state index contributed by atoms with van der Waals surface area (Å²) < 4.78 is 10.5. The highest BCUT2D eigenvalue weighted by atomic mass is 16.5. The molecule has 0 aliphatic heterocycles. The second-order valence-electron chi connectivity index (χ2n) is 6.89. The Hall–Kier alpha value is -3.86. The van der Waals surface area contributed by atoms with E-state index >= 15 is 0 Å². The molecule has 0 aromatic heterocycles. The molecule has 0 fully saturated rings. The second-order valence-corrected chi connectivity index (χ2v) is 6.89. The van der Waals surface area contributed by atoms with Crippen LogP contribution in [0.2, 0.25) is 0 Å². The highest BCUT2D eigenvalue weighted by Crippen LogP contribution is 2.28. The molecular formula is C25H22N2O3. The predicted molar refractivity (Wildman–Crippen MR) is 120 cm³/mol. The van der Waals surface area contributed by atoms with Gasteiger partial charge in [-0.05, 0) is 45.3 Å². The molecule has 4 aromatic carbocycles. The lowest BCUT2D eigenvalue weighted by atomic mass is 9.97. The average molecular weight is 398 g/mol. The number of hydrogen-bond acceptors (Lipinski definition) is 4. The van der Waals surface area contributed by atoms with E-state index in [9.17, 15) is 4.79 Å². The van der Waals surface area contributed by atoms with Crippen LogP contribution in [0, 0.1) is 0 Å². The first-order chi connectivity index (χ1) is 14.7. The number of benzene rings is 4. The topological polar surface area (TPSA) is 59.9 Å². The van der Waals surface area contributed by atoms with Crippen LogP contribution in [0.4, 0.5) is 0 Å². The molecule has 0 aliphatic rings. The molecule has 1 amide bonds. The van der Waals surface area contributed by atoms with Crippen LogP contribution in [-0.4, -0.2) is 26.3 Å². The maximum absolute atomic E-state index is 12.4. The average Bonchev–Trinajstić information content (AvgIpc) is 2.78. The van der Waals surface area contributed by atoms with E-state index in [1.165, 1.54) is 0 Å². The molecule has 4 rings (SSSR count). The number of methoxy groups -OCH3 is 2. The highest BCUT2D eigenvalue weighted by molar-refractivity contribution is 6.13. The van der Waals surface area contributed by atoms with Gasteiger partial charge < -0.3 is 9.47 Å². The van der Waals surface area contributed by atoms with Crippen molar-refractivity contribution in [1.82, 2.24) is 5.43 Å². The molecule has 0 unspecified atom stereocenters. The fourth-order valence-corrected chi connectivity index (χ4v) is 3.57. The van der Waals surface area contributed by atoms with Crippen molar-refractivity contribution in [2.75, 3.05) is 14.2 Å². The molecule has 0 radical (unpaired) electrons. The minimum absolute atomic E-state index is 0.188. The number of nitrogens with one attached hydrogen (secondary N) is 1. The van der Waals surface area contributed by atoms with E-state index in [0.29, 0.717) is 11.5 Å². The summed E-state index contributed by atoms with van der Waals surface area (Å²) in [7, 11) is 3.15. The van der Waals surface area contributed by atoms with Crippen molar-refractivity contribution >= 4 is 33.7 Å². The Kier molecular flexibility index (Phi) is 5.61. The molecule has 30 heavy (non-hydrogen) atoms. The third-order valence-corrected chi connectivity index (χ3v) is 5.01. The molecule has 5 heteroatoms. The van der Waals surface area contributed by atoms with E-state index in [1.54, 1.807) is 32.6 Å². The summed E-state index contributed by atoms with van der Waals surface area (Å²) in [5, 5.41) is 8.68. The van der Waals surface area contributed by atoms with Gasteiger partial charge in [-0.15, -0.1) is 0 Å². The van der Waals surface area contributed by atoms with Crippen LogP contribution in [0.3, 0.4) is 0 Å². The van der Waals surface area contributed by atoms with Crippen LogP contribution in [0.5, 0.6) is 11.5 Å². The van der Waals surface area contributed by atoms with Gasteiger partial charge in [-0.25, -0.2) is 5.43 Å². The molecule has 0 spiro atoms. The lowest BCUT2D eigenvalue weighted by Crippen LogP contribution is -2.19. The summed E-state index contributed by atoms with van der Waals surface area (Å²) in [5.41, 5.74) is 4.43. The number of amides is 1. The Balaban J connectivity index is 1.56. The van der Waals surface area contributed by atoms with Crippen molar-refractivity contribution in [2.24, 2.45) is 5.10 Å². The van der Waals surface area contributed by atoms with E-state index in [4.69, 9.17) is 9.47 Å². The lowest BCUT2D eigenvalue weighted by Gasteiger charge is -2.09. The number of carbonyl (C=O) groups is 1. The summed E-state index contributed by atoms with van der Waals surface area (Å²) in [6, 6.07) is 23.9. The van der Waals surface area contributed by atoms with Gasteiger partial charge >= 0.3 is 0 Å². The third-order valence-electron chi connectivity index (χ3n) is 5.01. The van der Waals surface area contributed by atoms with Crippen molar-refractivity contribution in [2.45, 2.75) is 6.42 Å². The summed E-state index contributed by atoms with van der Waals surface area (Å²) >= 11 is 0. The Morgan fingerprint density at radius 3 is 2.13 bits per heavy atom. The Morgan fingerprint density at radius 2 is 1.50 bits per heavy atom. The van der Waals surface area contributed by atoms with Crippen molar-refractivity contribution in [3.63, 3.8) is 0 Å². The zero-order valence-electron chi connectivity index (χ0n) is 16.9. The van der Waals surface area contributed by atoms with Crippen LogP contribution in [0.1, 0.15) is 11.1 Å². The monoisotopic (exact) mass is 398 g/mol. The number of hydrogen-bond donors (Lipinski definition) is 1. The minimum Gasteiger partial charge on any atom is -0.493 e. The maximum Gasteiger partial charge on any atom is 0.244 e. The number of fused-ring (bicyclic) bond motifs is 2.